The van der Waals surface area contributed by atoms with Crippen LogP contribution in [0.5, 0.6) is 0 Å². The van der Waals surface area contributed by atoms with Gasteiger partial charge in [0.1, 0.15) is 6.17 Å². The molecular formula is C7H15ClFN. The van der Waals surface area contributed by atoms with Crippen LogP contribution in [-0.2, 0) is 0 Å². The molecule has 0 bridgehead atoms. The lowest BCUT2D eigenvalue weighted by Gasteiger charge is -2.33. The Hall–Kier alpha value is 0.180. The third kappa shape index (κ3) is 2.10. The molecule has 62 valence electrons. The lowest BCUT2D eigenvalue weighted by molar-refractivity contribution is 0.0929. The van der Waals surface area contributed by atoms with E-state index in [1.165, 1.54) is 0 Å². The molecule has 1 saturated carbocycles. The van der Waals surface area contributed by atoms with Crippen LogP contribution in [0.15, 0.2) is 0 Å². The molecule has 0 unspecified atom stereocenters. The fraction of sp³-hybridized carbons (Fsp3) is 1.00. The molecule has 10 heavy (non-hydrogen) atoms. The molecule has 0 aromatic rings. The molecule has 0 radical (unpaired) electrons. The van der Waals surface area contributed by atoms with Crippen LogP contribution in [0, 0.1) is 11.8 Å². The van der Waals surface area contributed by atoms with Crippen molar-refractivity contribution in [2.24, 2.45) is 17.6 Å². The standard InChI is InChI=1S/C7H14FN.ClH/c1-5(4-9)6-2-7(8)3-6;/h5-7H,2-4,9H2,1H3;1H/t5-,6?,7?;/m0./s1. The minimum Gasteiger partial charge on any atom is -0.330 e. The smallest absolute Gasteiger partial charge is 0.101 e. The summed E-state index contributed by atoms with van der Waals surface area (Å²) in [5.74, 6) is 1.10. The van der Waals surface area contributed by atoms with Gasteiger partial charge in [0.25, 0.3) is 0 Å². The summed E-state index contributed by atoms with van der Waals surface area (Å²) < 4.78 is 12.2. The van der Waals surface area contributed by atoms with E-state index in [-0.39, 0.29) is 12.4 Å². The van der Waals surface area contributed by atoms with Gasteiger partial charge in [-0.15, -0.1) is 12.4 Å². The Balaban J connectivity index is 0.000000810. The van der Waals surface area contributed by atoms with E-state index >= 15 is 0 Å². The van der Waals surface area contributed by atoms with Gasteiger partial charge in [-0.3, -0.25) is 0 Å². The van der Waals surface area contributed by atoms with Gasteiger partial charge in [-0.25, -0.2) is 4.39 Å². The minimum absolute atomic E-state index is 0. The first-order valence-corrected chi connectivity index (χ1v) is 3.58. The zero-order valence-corrected chi connectivity index (χ0v) is 7.03. The van der Waals surface area contributed by atoms with Crippen LogP contribution in [0.25, 0.3) is 0 Å². The monoisotopic (exact) mass is 167 g/mol. The first kappa shape index (κ1) is 10.2. The number of hydrogen-bond donors (Lipinski definition) is 1. The molecule has 0 aliphatic heterocycles. The summed E-state index contributed by atoms with van der Waals surface area (Å²) in [6.45, 7) is 2.80. The fourth-order valence-electron chi connectivity index (χ4n) is 1.25. The summed E-state index contributed by atoms with van der Waals surface area (Å²) in [6, 6.07) is 0. The molecule has 1 aliphatic rings. The Bertz CT molecular complexity index is 93.6. The van der Waals surface area contributed by atoms with Gasteiger partial charge in [0.2, 0.25) is 0 Å². The maximum atomic E-state index is 12.2. The predicted molar refractivity (Wildman–Crippen MR) is 43.1 cm³/mol. The SMILES string of the molecule is C[C@@H](CN)C1CC(F)C1.Cl. The highest BCUT2D eigenvalue weighted by Crippen LogP contribution is 2.35. The quantitative estimate of drug-likeness (QED) is 0.667. The van der Waals surface area contributed by atoms with Crippen molar-refractivity contribution in [2.75, 3.05) is 6.54 Å². The molecular weight excluding hydrogens is 153 g/mol. The maximum absolute atomic E-state index is 12.2. The summed E-state index contributed by atoms with van der Waals surface area (Å²) in [4.78, 5) is 0. The highest BCUT2D eigenvalue weighted by atomic mass is 35.5. The summed E-state index contributed by atoms with van der Waals surface area (Å²) in [6.07, 6.45) is 0.973. The van der Waals surface area contributed by atoms with E-state index in [0.717, 1.165) is 12.8 Å². The van der Waals surface area contributed by atoms with Crippen molar-refractivity contribution < 1.29 is 4.39 Å². The molecule has 1 fully saturated rings. The summed E-state index contributed by atoms with van der Waals surface area (Å²) in [7, 11) is 0. The summed E-state index contributed by atoms with van der Waals surface area (Å²) in [5, 5.41) is 0. The van der Waals surface area contributed by atoms with E-state index in [4.69, 9.17) is 5.73 Å². The van der Waals surface area contributed by atoms with Crippen molar-refractivity contribution in [1.29, 1.82) is 0 Å². The van der Waals surface area contributed by atoms with E-state index in [1.54, 1.807) is 0 Å². The molecule has 1 nitrogen and oxygen atoms in total. The maximum Gasteiger partial charge on any atom is 0.101 e. The van der Waals surface area contributed by atoms with Crippen LogP contribution in [0.2, 0.25) is 0 Å². The molecule has 0 spiro atoms. The van der Waals surface area contributed by atoms with Crippen molar-refractivity contribution in [3.05, 3.63) is 0 Å². The van der Waals surface area contributed by atoms with Gasteiger partial charge in [0.15, 0.2) is 0 Å². The topological polar surface area (TPSA) is 26.0 Å². The molecule has 0 aromatic carbocycles. The first-order chi connectivity index (χ1) is 4.24. The predicted octanol–water partition coefficient (Wildman–Crippen LogP) is 1.75. The molecule has 0 heterocycles. The Morgan fingerprint density at radius 3 is 2.40 bits per heavy atom. The van der Waals surface area contributed by atoms with Crippen molar-refractivity contribution in [2.45, 2.75) is 25.9 Å². The second kappa shape index (κ2) is 4.14. The highest BCUT2D eigenvalue weighted by molar-refractivity contribution is 5.85. The van der Waals surface area contributed by atoms with Crippen molar-refractivity contribution in [3.63, 3.8) is 0 Å². The second-order valence-electron chi connectivity index (χ2n) is 3.04. The van der Waals surface area contributed by atoms with Crippen molar-refractivity contribution in [1.82, 2.24) is 0 Å². The van der Waals surface area contributed by atoms with Crippen LogP contribution in [0.4, 0.5) is 4.39 Å². The van der Waals surface area contributed by atoms with Crippen LogP contribution in [-0.4, -0.2) is 12.7 Å². The van der Waals surface area contributed by atoms with Gasteiger partial charge in [-0.2, -0.15) is 0 Å². The zero-order chi connectivity index (χ0) is 6.85. The summed E-state index contributed by atoms with van der Waals surface area (Å²) >= 11 is 0. The Labute approximate surface area is 67.6 Å². The molecule has 1 aliphatic carbocycles. The van der Waals surface area contributed by atoms with Gasteiger partial charge in [0.05, 0.1) is 0 Å². The first-order valence-electron chi connectivity index (χ1n) is 3.58. The van der Waals surface area contributed by atoms with Crippen LogP contribution < -0.4 is 5.73 Å². The van der Waals surface area contributed by atoms with Crippen molar-refractivity contribution in [3.8, 4) is 0 Å². The Morgan fingerprint density at radius 1 is 1.60 bits per heavy atom. The van der Waals surface area contributed by atoms with Crippen molar-refractivity contribution >= 4 is 12.4 Å². The third-order valence-corrected chi connectivity index (χ3v) is 2.29. The Kier molecular flexibility index (Phi) is 4.22. The average molecular weight is 168 g/mol. The van der Waals surface area contributed by atoms with E-state index < -0.39 is 6.17 Å². The molecule has 2 N–H and O–H groups in total. The molecule has 3 heteroatoms. The molecule has 0 saturated heterocycles. The molecule has 0 aromatic heterocycles. The number of halogens is 2. The summed E-state index contributed by atoms with van der Waals surface area (Å²) in [5.41, 5.74) is 5.41. The minimum atomic E-state index is -0.524. The van der Waals surface area contributed by atoms with Gasteiger partial charge in [-0.05, 0) is 31.2 Å². The largest absolute Gasteiger partial charge is 0.330 e. The van der Waals surface area contributed by atoms with E-state index in [9.17, 15) is 4.39 Å². The van der Waals surface area contributed by atoms with Gasteiger partial charge in [-0.1, -0.05) is 6.92 Å². The highest BCUT2D eigenvalue weighted by Gasteiger charge is 2.31. The Morgan fingerprint density at radius 2 is 2.10 bits per heavy atom. The van der Waals surface area contributed by atoms with Crippen LogP contribution >= 0.6 is 12.4 Å². The van der Waals surface area contributed by atoms with Gasteiger partial charge in [0, 0.05) is 0 Å². The average Bonchev–Trinajstić information content (AvgIpc) is 1.79. The number of rotatable bonds is 2. The third-order valence-electron chi connectivity index (χ3n) is 2.29. The van der Waals surface area contributed by atoms with Gasteiger partial charge < -0.3 is 5.73 Å². The van der Waals surface area contributed by atoms with E-state index in [0.29, 0.717) is 18.4 Å². The number of nitrogens with two attached hydrogens (primary N) is 1. The van der Waals surface area contributed by atoms with Gasteiger partial charge >= 0.3 is 0 Å². The van der Waals surface area contributed by atoms with E-state index in [2.05, 4.69) is 6.92 Å². The lowest BCUT2D eigenvalue weighted by atomic mass is 9.75. The molecule has 0 amide bonds. The lowest BCUT2D eigenvalue weighted by Crippen LogP contribution is -2.33. The zero-order valence-electron chi connectivity index (χ0n) is 6.22. The second-order valence-corrected chi connectivity index (χ2v) is 3.04. The fourth-order valence-corrected chi connectivity index (χ4v) is 1.25. The van der Waals surface area contributed by atoms with Crippen LogP contribution in [0.3, 0.4) is 0 Å². The van der Waals surface area contributed by atoms with Crippen LogP contribution in [0.1, 0.15) is 19.8 Å². The number of hydrogen-bond acceptors (Lipinski definition) is 1. The van der Waals surface area contributed by atoms with E-state index in [1.807, 2.05) is 0 Å². The molecule has 1 atom stereocenters. The molecule has 1 rings (SSSR count). The normalized spacial score (nSPS) is 33.9. The number of alkyl halides is 1.